The van der Waals surface area contributed by atoms with Crippen LogP contribution in [0.2, 0.25) is 0 Å². The number of nitrogens with one attached hydrogen (secondary N) is 1. The van der Waals surface area contributed by atoms with Crippen molar-refractivity contribution in [2.75, 3.05) is 12.0 Å². The molecule has 1 saturated heterocycles. The smallest absolute Gasteiger partial charge is 0.0565 e. The Bertz CT molecular complexity index is 155. The maximum Gasteiger partial charge on any atom is 0.0565 e. The van der Waals surface area contributed by atoms with Gasteiger partial charge in [-0.05, 0) is 39.9 Å². The second-order valence-electron chi connectivity index (χ2n) is 4.45. The van der Waals surface area contributed by atoms with E-state index in [1.54, 1.807) is 0 Å². The van der Waals surface area contributed by atoms with E-state index in [9.17, 15) is 0 Å². The summed E-state index contributed by atoms with van der Waals surface area (Å²) in [5, 5.41) is 3.68. The van der Waals surface area contributed by atoms with Gasteiger partial charge < -0.3 is 10.1 Å². The Labute approximate surface area is 92.2 Å². The molecule has 14 heavy (non-hydrogen) atoms. The zero-order chi connectivity index (χ0) is 10.6. The number of hydrogen-bond acceptors (Lipinski definition) is 3. The van der Waals surface area contributed by atoms with E-state index in [1.165, 1.54) is 5.75 Å². The fraction of sp³-hybridized carbons (Fsp3) is 1.00. The van der Waals surface area contributed by atoms with Gasteiger partial charge in [-0.2, -0.15) is 11.8 Å². The summed E-state index contributed by atoms with van der Waals surface area (Å²) in [6, 6.07) is 1.27. The zero-order valence-electron chi connectivity index (χ0n) is 9.75. The summed E-state index contributed by atoms with van der Waals surface area (Å²) in [5.74, 6) is 1.19. The van der Waals surface area contributed by atoms with Crippen molar-refractivity contribution in [3.8, 4) is 0 Å². The van der Waals surface area contributed by atoms with E-state index < -0.39 is 0 Å². The molecule has 0 aromatic rings. The van der Waals surface area contributed by atoms with Crippen LogP contribution in [0.15, 0.2) is 0 Å². The third-order valence-electron chi connectivity index (χ3n) is 2.63. The largest absolute Gasteiger partial charge is 0.375 e. The van der Waals surface area contributed by atoms with Crippen LogP contribution in [0.3, 0.4) is 0 Å². The first-order valence-corrected chi connectivity index (χ1v) is 6.91. The number of rotatable bonds is 4. The molecular weight excluding hydrogens is 194 g/mol. The summed E-state index contributed by atoms with van der Waals surface area (Å²) >= 11 is 1.91. The summed E-state index contributed by atoms with van der Waals surface area (Å²) in [6.07, 6.45) is 5.30. The molecule has 1 rings (SSSR count). The Morgan fingerprint density at radius 1 is 1.36 bits per heavy atom. The van der Waals surface area contributed by atoms with Crippen molar-refractivity contribution in [2.24, 2.45) is 0 Å². The maximum atomic E-state index is 5.71. The number of hydrogen-bond donors (Lipinski definition) is 1. The average molecular weight is 217 g/mol. The van der Waals surface area contributed by atoms with Crippen molar-refractivity contribution in [3.05, 3.63) is 0 Å². The molecule has 1 fully saturated rings. The lowest BCUT2D eigenvalue weighted by Gasteiger charge is -2.34. The van der Waals surface area contributed by atoms with E-state index in [0.717, 1.165) is 12.8 Å². The normalized spacial score (nSPS) is 35.6. The predicted molar refractivity (Wildman–Crippen MR) is 64.0 cm³/mol. The van der Waals surface area contributed by atoms with Crippen LogP contribution in [0, 0.1) is 0 Å². The number of ether oxygens (including phenoxy) is 1. The topological polar surface area (TPSA) is 21.3 Å². The van der Waals surface area contributed by atoms with Crippen LogP contribution in [0.5, 0.6) is 0 Å². The van der Waals surface area contributed by atoms with Crippen molar-refractivity contribution in [1.29, 1.82) is 0 Å². The molecule has 0 spiro atoms. The third kappa shape index (κ3) is 4.20. The van der Waals surface area contributed by atoms with Crippen LogP contribution >= 0.6 is 11.8 Å². The van der Waals surface area contributed by atoms with Gasteiger partial charge in [-0.25, -0.2) is 0 Å². The standard InChI is InChI=1S/C11H23NOS/c1-8(7-14-4)12-11-5-9(2)13-10(3)6-11/h8-12H,5-7H2,1-4H3. The van der Waals surface area contributed by atoms with Gasteiger partial charge in [0.25, 0.3) is 0 Å². The van der Waals surface area contributed by atoms with Gasteiger partial charge in [0, 0.05) is 17.8 Å². The Morgan fingerprint density at radius 2 is 1.93 bits per heavy atom. The fourth-order valence-corrected chi connectivity index (χ4v) is 2.84. The lowest BCUT2D eigenvalue weighted by molar-refractivity contribution is -0.0429. The van der Waals surface area contributed by atoms with E-state index in [-0.39, 0.29) is 0 Å². The minimum absolute atomic E-state index is 0.415. The molecule has 2 nitrogen and oxygen atoms in total. The Balaban J connectivity index is 2.29. The highest BCUT2D eigenvalue weighted by molar-refractivity contribution is 7.98. The minimum Gasteiger partial charge on any atom is -0.375 e. The van der Waals surface area contributed by atoms with Gasteiger partial charge in [-0.1, -0.05) is 0 Å². The van der Waals surface area contributed by atoms with Gasteiger partial charge in [-0.3, -0.25) is 0 Å². The van der Waals surface area contributed by atoms with Crippen molar-refractivity contribution >= 4 is 11.8 Å². The van der Waals surface area contributed by atoms with E-state index in [2.05, 4.69) is 32.3 Å². The summed E-state index contributed by atoms with van der Waals surface area (Å²) in [4.78, 5) is 0. The minimum atomic E-state index is 0.415. The predicted octanol–water partition coefficient (Wildman–Crippen LogP) is 2.28. The molecule has 1 heterocycles. The quantitative estimate of drug-likeness (QED) is 0.780. The fourth-order valence-electron chi connectivity index (χ4n) is 2.24. The summed E-state index contributed by atoms with van der Waals surface area (Å²) < 4.78 is 5.71. The van der Waals surface area contributed by atoms with Gasteiger partial charge >= 0.3 is 0 Å². The van der Waals surface area contributed by atoms with Gasteiger partial charge in [0.05, 0.1) is 12.2 Å². The van der Waals surface area contributed by atoms with E-state index in [4.69, 9.17) is 4.74 Å². The van der Waals surface area contributed by atoms with Crippen molar-refractivity contribution in [3.63, 3.8) is 0 Å². The molecule has 0 bridgehead atoms. The highest BCUT2D eigenvalue weighted by Crippen LogP contribution is 2.19. The molecule has 1 aliphatic rings. The molecule has 3 unspecified atom stereocenters. The lowest BCUT2D eigenvalue weighted by Crippen LogP contribution is -2.45. The SMILES string of the molecule is CSCC(C)NC1CC(C)OC(C)C1. The second-order valence-corrected chi connectivity index (χ2v) is 5.36. The first kappa shape index (κ1) is 12.3. The summed E-state index contributed by atoms with van der Waals surface area (Å²) in [5.41, 5.74) is 0. The van der Waals surface area contributed by atoms with Crippen LogP contribution in [0.25, 0.3) is 0 Å². The van der Waals surface area contributed by atoms with Crippen molar-refractivity contribution < 1.29 is 4.74 Å². The second kappa shape index (κ2) is 5.99. The van der Waals surface area contributed by atoms with E-state index in [0.29, 0.717) is 24.3 Å². The molecule has 3 heteroatoms. The molecular formula is C11H23NOS. The molecule has 0 amide bonds. The molecule has 0 saturated carbocycles. The molecule has 84 valence electrons. The third-order valence-corrected chi connectivity index (χ3v) is 3.47. The van der Waals surface area contributed by atoms with Crippen molar-refractivity contribution in [2.45, 2.75) is 57.9 Å². The first-order valence-electron chi connectivity index (χ1n) is 5.52. The lowest BCUT2D eigenvalue weighted by atomic mass is 9.99. The zero-order valence-corrected chi connectivity index (χ0v) is 10.6. The molecule has 0 aromatic heterocycles. The summed E-state index contributed by atoms with van der Waals surface area (Å²) in [7, 11) is 0. The average Bonchev–Trinajstić information content (AvgIpc) is 2.01. The molecule has 0 aliphatic carbocycles. The monoisotopic (exact) mass is 217 g/mol. The molecule has 0 radical (unpaired) electrons. The molecule has 0 aromatic carbocycles. The van der Waals surface area contributed by atoms with Gasteiger partial charge in [0.15, 0.2) is 0 Å². The first-order chi connectivity index (χ1) is 6.61. The van der Waals surface area contributed by atoms with Crippen LogP contribution in [-0.4, -0.2) is 36.3 Å². The van der Waals surface area contributed by atoms with Crippen LogP contribution in [0.4, 0.5) is 0 Å². The summed E-state index contributed by atoms with van der Waals surface area (Å²) in [6.45, 7) is 6.61. The Kier molecular flexibility index (Phi) is 5.28. The molecule has 1 aliphatic heterocycles. The Hall–Kier alpha value is 0.270. The Morgan fingerprint density at radius 3 is 2.43 bits per heavy atom. The molecule has 3 atom stereocenters. The van der Waals surface area contributed by atoms with Gasteiger partial charge in [0.2, 0.25) is 0 Å². The van der Waals surface area contributed by atoms with Gasteiger partial charge in [0.1, 0.15) is 0 Å². The van der Waals surface area contributed by atoms with Crippen LogP contribution in [0.1, 0.15) is 33.6 Å². The van der Waals surface area contributed by atoms with Crippen molar-refractivity contribution in [1.82, 2.24) is 5.32 Å². The highest BCUT2D eigenvalue weighted by Gasteiger charge is 2.24. The van der Waals surface area contributed by atoms with Crippen LogP contribution in [-0.2, 0) is 4.74 Å². The maximum absolute atomic E-state index is 5.71. The van der Waals surface area contributed by atoms with E-state index in [1.807, 2.05) is 11.8 Å². The van der Waals surface area contributed by atoms with Crippen LogP contribution < -0.4 is 5.32 Å². The highest BCUT2D eigenvalue weighted by atomic mass is 32.2. The van der Waals surface area contributed by atoms with E-state index >= 15 is 0 Å². The number of thioether (sulfide) groups is 1. The van der Waals surface area contributed by atoms with Gasteiger partial charge in [-0.15, -0.1) is 0 Å². The molecule has 1 N–H and O–H groups in total.